The van der Waals surface area contributed by atoms with E-state index in [-0.39, 0.29) is 11.5 Å². The Morgan fingerprint density at radius 3 is 2.73 bits per heavy atom. The van der Waals surface area contributed by atoms with Crippen LogP contribution in [0.3, 0.4) is 0 Å². The minimum absolute atomic E-state index is 0.0584. The van der Waals surface area contributed by atoms with Gasteiger partial charge in [0.05, 0.1) is 18.2 Å². The van der Waals surface area contributed by atoms with Crippen molar-refractivity contribution in [3.05, 3.63) is 17.5 Å². The van der Waals surface area contributed by atoms with Crippen molar-refractivity contribution in [3.8, 4) is 0 Å². The summed E-state index contributed by atoms with van der Waals surface area (Å²) >= 11 is 0. The van der Waals surface area contributed by atoms with Crippen LogP contribution in [-0.2, 0) is 16.6 Å². The molecule has 2 heterocycles. The van der Waals surface area contributed by atoms with E-state index in [9.17, 15) is 4.79 Å². The summed E-state index contributed by atoms with van der Waals surface area (Å²) in [7, 11) is 0. The Bertz CT molecular complexity index is 525. The van der Waals surface area contributed by atoms with Crippen molar-refractivity contribution in [2.45, 2.75) is 70.8 Å². The van der Waals surface area contributed by atoms with Crippen LogP contribution in [0, 0.1) is 5.92 Å². The standard InChI is InChI=1S/C18H28N2O2/c1-18(2,3)17-11-14(19-22-17)10-16(21)15-6-4-5-9-20(15)12-13-7-8-13/h11,13,15H,4-10,12H2,1-3H3/t15-/m0/s1. The molecular weight excluding hydrogens is 276 g/mol. The van der Waals surface area contributed by atoms with Gasteiger partial charge in [-0.1, -0.05) is 32.3 Å². The number of carbonyl (C=O) groups excluding carboxylic acids is 1. The topological polar surface area (TPSA) is 46.3 Å². The number of hydrogen-bond donors (Lipinski definition) is 0. The molecule has 1 aromatic heterocycles. The summed E-state index contributed by atoms with van der Waals surface area (Å²) in [6, 6.07) is 2.05. The van der Waals surface area contributed by atoms with Crippen LogP contribution < -0.4 is 0 Å². The van der Waals surface area contributed by atoms with Gasteiger partial charge in [0.25, 0.3) is 0 Å². The predicted octanol–water partition coefficient (Wildman–Crippen LogP) is 3.35. The highest BCUT2D eigenvalue weighted by molar-refractivity contribution is 5.85. The molecule has 2 fully saturated rings. The van der Waals surface area contributed by atoms with Crippen molar-refractivity contribution in [2.24, 2.45) is 5.92 Å². The lowest BCUT2D eigenvalue weighted by molar-refractivity contribution is -0.125. The number of ketones is 1. The lowest BCUT2D eigenvalue weighted by atomic mass is 9.92. The average molecular weight is 304 g/mol. The highest BCUT2D eigenvalue weighted by Crippen LogP contribution is 2.32. The number of likely N-dealkylation sites (tertiary alicyclic amines) is 1. The van der Waals surface area contributed by atoms with E-state index >= 15 is 0 Å². The summed E-state index contributed by atoms with van der Waals surface area (Å²) in [5, 5.41) is 4.10. The largest absolute Gasteiger partial charge is 0.361 e. The van der Waals surface area contributed by atoms with Crippen molar-refractivity contribution in [1.82, 2.24) is 10.1 Å². The van der Waals surface area contributed by atoms with Gasteiger partial charge in [0, 0.05) is 18.0 Å². The van der Waals surface area contributed by atoms with E-state index in [1.807, 2.05) is 6.07 Å². The Morgan fingerprint density at radius 1 is 1.32 bits per heavy atom. The molecule has 0 amide bonds. The molecule has 2 aliphatic rings. The first-order chi connectivity index (χ1) is 10.4. The zero-order valence-electron chi connectivity index (χ0n) is 14.1. The Kier molecular flexibility index (Phi) is 4.40. The quantitative estimate of drug-likeness (QED) is 0.837. The Hall–Kier alpha value is -1.16. The smallest absolute Gasteiger partial charge is 0.156 e. The number of piperidine rings is 1. The molecule has 1 atom stereocenters. The fourth-order valence-corrected chi connectivity index (χ4v) is 3.25. The van der Waals surface area contributed by atoms with E-state index in [1.165, 1.54) is 25.7 Å². The molecule has 0 N–H and O–H groups in total. The van der Waals surface area contributed by atoms with Crippen molar-refractivity contribution in [2.75, 3.05) is 13.1 Å². The molecule has 1 aromatic rings. The molecule has 0 aromatic carbocycles. The van der Waals surface area contributed by atoms with Crippen LogP contribution in [0.4, 0.5) is 0 Å². The van der Waals surface area contributed by atoms with Crippen LogP contribution in [0.5, 0.6) is 0 Å². The van der Waals surface area contributed by atoms with E-state index in [0.717, 1.165) is 36.9 Å². The van der Waals surface area contributed by atoms with E-state index < -0.39 is 0 Å². The SMILES string of the molecule is CC(C)(C)c1cc(CC(=O)[C@@H]2CCCCN2CC2CC2)no1. The maximum absolute atomic E-state index is 12.7. The zero-order valence-corrected chi connectivity index (χ0v) is 14.1. The molecule has 1 saturated carbocycles. The number of nitrogens with zero attached hydrogens (tertiary/aromatic N) is 2. The van der Waals surface area contributed by atoms with Gasteiger partial charge in [0.1, 0.15) is 5.76 Å². The van der Waals surface area contributed by atoms with Gasteiger partial charge in [0.2, 0.25) is 0 Å². The number of rotatable bonds is 5. The normalized spacial score (nSPS) is 23.7. The van der Waals surface area contributed by atoms with Gasteiger partial charge >= 0.3 is 0 Å². The maximum Gasteiger partial charge on any atom is 0.156 e. The average Bonchev–Trinajstić information content (AvgIpc) is 3.13. The van der Waals surface area contributed by atoms with E-state index in [2.05, 4.69) is 30.8 Å². The van der Waals surface area contributed by atoms with Crippen LogP contribution in [0.1, 0.15) is 64.3 Å². The van der Waals surface area contributed by atoms with E-state index in [4.69, 9.17) is 4.52 Å². The van der Waals surface area contributed by atoms with Crippen LogP contribution in [0.25, 0.3) is 0 Å². The Morgan fingerprint density at radius 2 is 2.09 bits per heavy atom. The van der Waals surface area contributed by atoms with Crippen molar-refractivity contribution in [3.63, 3.8) is 0 Å². The molecular formula is C18H28N2O2. The fraction of sp³-hybridized carbons (Fsp3) is 0.778. The molecule has 22 heavy (non-hydrogen) atoms. The van der Waals surface area contributed by atoms with Crippen LogP contribution in [-0.4, -0.2) is 35.0 Å². The van der Waals surface area contributed by atoms with Crippen molar-refractivity contribution >= 4 is 5.78 Å². The van der Waals surface area contributed by atoms with Crippen LogP contribution >= 0.6 is 0 Å². The molecule has 4 heteroatoms. The van der Waals surface area contributed by atoms with Gasteiger partial charge in [-0.3, -0.25) is 9.69 Å². The van der Waals surface area contributed by atoms with Gasteiger partial charge in [-0.2, -0.15) is 0 Å². The first kappa shape index (κ1) is 15.7. The minimum atomic E-state index is -0.0584. The molecule has 122 valence electrons. The lowest BCUT2D eigenvalue weighted by Crippen LogP contribution is -2.46. The first-order valence-corrected chi connectivity index (χ1v) is 8.66. The number of hydrogen-bond acceptors (Lipinski definition) is 4. The highest BCUT2D eigenvalue weighted by atomic mass is 16.5. The molecule has 0 spiro atoms. The lowest BCUT2D eigenvalue weighted by Gasteiger charge is -2.34. The minimum Gasteiger partial charge on any atom is -0.361 e. The summed E-state index contributed by atoms with van der Waals surface area (Å²) in [4.78, 5) is 15.1. The summed E-state index contributed by atoms with van der Waals surface area (Å²) in [5.41, 5.74) is 0.726. The number of Topliss-reactive ketones (excluding diaryl/α,β-unsaturated/α-hetero) is 1. The molecule has 0 unspecified atom stereocenters. The zero-order chi connectivity index (χ0) is 15.7. The summed E-state index contributed by atoms with van der Waals surface area (Å²) < 4.78 is 5.40. The van der Waals surface area contributed by atoms with Crippen molar-refractivity contribution < 1.29 is 9.32 Å². The van der Waals surface area contributed by atoms with Gasteiger partial charge in [-0.15, -0.1) is 0 Å². The second-order valence-electron chi connectivity index (χ2n) is 8.03. The first-order valence-electron chi connectivity index (χ1n) is 8.66. The Labute approximate surface area is 133 Å². The van der Waals surface area contributed by atoms with E-state index in [0.29, 0.717) is 12.2 Å². The van der Waals surface area contributed by atoms with E-state index in [1.54, 1.807) is 0 Å². The van der Waals surface area contributed by atoms with Crippen LogP contribution in [0.2, 0.25) is 0 Å². The second-order valence-corrected chi connectivity index (χ2v) is 8.03. The second kappa shape index (κ2) is 6.15. The molecule has 1 aliphatic carbocycles. The van der Waals surface area contributed by atoms with Gasteiger partial charge in [-0.05, 0) is 38.1 Å². The van der Waals surface area contributed by atoms with Crippen molar-refractivity contribution in [1.29, 1.82) is 0 Å². The number of aromatic nitrogens is 1. The fourth-order valence-electron chi connectivity index (χ4n) is 3.25. The summed E-state index contributed by atoms with van der Waals surface area (Å²) in [6.45, 7) is 8.48. The number of carbonyl (C=O) groups is 1. The third-order valence-electron chi connectivity index (χ3n) is 4.83. The summed E-state index contributed by atoms with van der Waals surface area (Å²) in [6.07, 6.45) is 6.50. The van der Waals surface area contributed by atoms with Gasteiger partial charge in [-0.25, -0.2) is 0 Å². The monoisotopic (exact) mass is 304 g/mol. The molecule has 4 nitrogen and oxygen atoms in total. The molecule has 0 radical (unpaired) electrons. The van der Waals surface area contributed by atoms with Gasteiger partial charge in [0.15, 0.2) is 5.78 Å². The molecule has 1 saturated heterocycles. The summed E-state index contributed by atoms with van der Waals surface area (Å²) in [5.74, 6) is 2.01. The third kappa shape index (κ3) is 3.78. The van der Waals surface area contributed by atoms with Gasteiger partial charge < -0.3 is 4.52 Å². The predicted molar refractivity (Wildman–Crippen MR) is 85.9 cm³/mol. The Balaban J connectivity index is 1.63. The highest BCUT2D eigenvalue weighted by Gasteiger charge is 2.33. The maximum atomic E-state index is 12.7. The van der Waals surface area contributed by atoms with Crippen LogP contribution in [0.15, 0.2) is 10.6 Å². The molecule has 3 rings (SSSR count). The molecule has 1 aliphatic heterocycles. The third-order valence-corrected chi connectivity index (χ3v) is 4.83. The molecule has 0 bridgehead atoms.